The van der Waals surface area contributed by atoms with Gasteiger partial charge in [-0.1, -0.05) is 30.3 Å². The van der Waals surface area contributed by atoms with Crippen LogP contribution in [0.2, 0.25) is 0 Å². The van der Waals surface area contributed by atoms with Gasteiger partial charge in [0.25, 0.3) is 0 Å². The predicted molar refractivity (Wildman–Crippen MR) is 93.6 cm³/mol. The number of benzene rings is 2. The summed E-state index contributed by atoms with van der Waals surface area (Å²) in [5.41, 5.74) is 7.52. The van der Waals surface area contributed by atoms with Gasteiger partial charge in [0.15, 0.2) is 0 Å². The van der Waals surface area contributed by atoms with Gasteiger partial charge in [0, 0.05) is 23.7 Å². The molecule has 26 heavy (non-hydrogen) atoms. The van der Waals surface area contributed by atoms with Gasteiger partial charge in [-0.3, -0.25) is 0 Å². The highest BCUT2D eigenvalue weighted by Crippen LogP contribution is 2.51. The van der Waals surface area contributed by atoms with Crippen molar-refractivity contribution < 1.29 is 17.9 Å². The lowest BCUT2D eigenvalue weighted by molar-refractivity contribution is -0.138. The Labute approximate surface area is 150 Å². The van der Waals surface area contributed by atoms with Crippen LogP contribution in [0, 0.1) is 5.92 Å². The number of halogens is 3. The van der Waals surface area contributed by atoms with E-state index in [2.05, 4.69) is 5.32 Å². The molecule has 0 aromatic heterocycles. The Morgan fingerprint density at radius 1 is 1.08 bits per heavy atom. The Balaban J connectivity index is 1.77. The third kappa shape index (κ3) is 3.08. The molecule has 3 nitrogen and oxygen atoms in total. The van der Waals surface area contributed by atoms with Gasteiger partial charge in [-0.2, -0.15) is 13.2 Å². The molecule has 138 valence electrons. The summed E-state index contributed by atoms with van der Waals surface area (Å²) in [4.78, 5) is 0. The lowest BCUT2D eigenvalue weighted by Gasteiger charge is -2.45. The molecule has 0 radical (unpaired) electrons. The molecule has 1 fully saturated rings. The highest BCUT2D eigenvalue weighted by Gasteiger charge is 2.43. The van der Waals surface area contributed by atoms with Crippen molar-refractivity contribution in [2.75, 3.05) is 11.9 Å². The summed E-state index contributed by atoms with van der Waals surface area (Å²) in [6, 6.07) is 13.8. The highest BCUT2D eigenvalue weighted by molar-refractivity contribution is 5.58. The second-order valence-corrected chi connectivity index (χ2v) is 6.99. The van der Waals surface area contributed by atoms with E-state index in [0.717, 1.165) is 24.5 Å². The smallest absolute Gasteiger partial charge is 0.378 e. The molecule has 4 atom stereocenters. The summed E-state index contributed by atoms with van der Waals surface area (Å²) in [6.07, 6.45) is -3.21. The standard InChI is InChI=1S/C20H21F3N2O/c21-20(22,23)13-6-9-17-16(10-13)19-15(8-7-14(11-24)26-19)18(25-17)12-4-2-1-3-5-12/h1-6,9-10,14-15,18-19,25H,7-8,11,24H2/t14-,15+,18+,19+/m1/s1. The van der Waals surface area contributed by atoms with Crippen LogP contribution in [0.15, 0.2) is 48.5 Å². The Morgan fingerprint density at radius 3 is 2.54 bits per heavy atom. The highest BCUT2D eigenvalue weighted by atomic mass is 19.4. The Kier molecular flexibility index (Phi) is 4.40. The van der Waals surface area contributed by atoms with Gasteiger partial charge in [-0.05, 0) is 36.6 Å². The molecule has 3 N–H and O–H groups in total. The summed E-state index contributed by atoms with van der Waals surface area (Å²) in [7, 11) is 0. The third-order valence-electron chi connectivity index (χ3n) is 5.40. The van der Waals surface area contributed by atoms with Gasteiger partial charge in [0.1, 0.15) is 0 Å². The van der Waals surface area contributed by atoms with Crippen LogP contribution in [0.4, 0.5) is 18.9 Å². The van der Waals surface area contributed by atoms with Gasteiger partial charge < -0.3 is 15.8 Å². The van der Waals surface area contributed by atoms with Crippen molar-refractivity contribution in [2.24, 2.45) is 11.7 Å². The molecule has 0 aliphatic carbocycles. The SMILES string of the molecule is NC[C@H]1CC[C@@H]2[C@H](O1)c1cc(C(F)(F)F)ccc1N[C@H]2c1ccccc1. The molecule has 2 aromatic rings. The van der Waals surface area contributed by atoms with Crippen molar-refractivity contribution in [3.8, 4) is 0 Å². The van der Waals surface area contributed by atoms with Crippen LogP contribution < -0.4 is 11.1 Å². The fraction of sp³-hybridized carbons (Fsp3) is 0.400. The summed E-state index contributed by atoms with van der Waals surface area (Å²) >= 11 is 0. The maximum absolute atomic E-state index is 13.2. The predicted octanol–water partition coefficient (Wildman–Crippen LogP) is 4.67. The largest absolute Gasteiger partial charge is 0.416 e. The number of hydrogen-bond acceptors (Lipinski definition) is 3. The fourth-order valence-electron chi connectivity index (χ4n) is 4.10. The summed E-state index contributed by atoms with van der Waals surface area (Å²) in [5.74, 6) is 0.0659. The van der Waals surface area contributed by atoms with Crippen LogP contribution in [0.5, 0.6) is 0 Å². The quantitative estimate of drug-likeness (QED) is 0.816. The molecule has 0 bridgehead atoms. The first-order valence-electron chi connectivity index (χ1n) is 8.85. The van der Waals surface area contributed by atoms with Crippen molar-refractivity contribution in [1.82, 2.24) is 0 Å². The average Bonchev–Trinajstić information content (AvgIpc) is 2.66. The minimum absolute atomic E-state index is 0.00385. The first-order valence-corrected chi connectivity index (χ1v) is 8.85. The van der Waals surface area contributed by atoms with Crippen molar-refractivity contribution >= 4 is 5.69 Å². The molecule has 0 unspecified atom stereocenters. The number of rotatable bonds is 2. The maximum Gasteiger partial charge on any atom is 0.416 e. The summed E-state index contributed by atoms with van der Waals surface area (Å²) in [5, 5.41) is 3.45. The van der Waals surface area contributed by atoms with Crippen LogP contribution in [-0.2, 0) is 10.9 Å². The maximum atomic E-state index is 13.2. The molecular formula is C20H21F3N2O. The first kappa shape index (κ1) is 17.4. The number of fused-ring (bicyclic) bond motifs is 3. The number of ether oxygens (including phenoxy) is 1. The molecular weight excluding hydrogens is 341 g/mol. The van der Waals surface area contributed by atoms with Crippen molar-refractivity contribution in [3.63, 3.8) is 0 Å². The zero-order chi connectivity index (χ0) is 18.3. The molecule has 0 saturated carbocycles. The molecule has 2 aromatic carbocycles. The lowest BCUT2D eigenvalue weighted by atomic mass is 9.76. The monoisotopic (exact) mass is 362 g/mol. The number of anilines is 1. The minimum Gasteiger partial charge on any atom is -0.378 e. The van der Waals surface area contributed by atoms with Crippen LogP contribution in [0.3, 0.4) is 0 Å². The average molecular weight is 362 g/mol. The number of nitrogens with one attached hydrogen (secondary N) is 1. The molecule has 6 heteroatoms. The van der Waals surface area contributed by atoms with E-state index < -0.39 is 11.7 Å². The van der Waals surface area contributed by atoms with Crippen molar-refractivity contribution in [3.05, 3.63) is 65.2 Å². The van der Waals surface area contributed by atoms with E-state index in [-0.39, 0.29) is 24.2 Å². The molecule has 2 heterocycles. The number of nitrogens with two attached hydrogens (primary N) is 1. The van der Waals surface area contributed by atoms with E-state index in [9.17, 15) is 13.2 Å². The first-order chi connectivity index (χ1) is 12.5. The van der Waals surface area contributed by atoms with Crippen LogP contribution in [0.1, 0.15) is 41.7 Å². The number of hydrogen-bond donors (Lipinski definition) is 2. The van der Waals surface area contributed by atoms with E-state index in [1.165, 1.54) is 12.1 Å². The Morgan fingerprint density at radius 2 is 1.85 bits per heavy atom. The Hall–Kier alpha value is -2.05. The second kappa shape index (κ2) is 6.59. The normalized spacial score (nSPS) is 28.0. The van der Waals surface area contributed by atoms with Crippen LogP contribution in [0.25, 0.3) is 0 Å². The van der Waals surface area contributed by atoms with Gasteiger partial charge in [0.05, 0.1) is 23.8 Å². The summed E-state index contributed by atoms with van der Waals surface area (Å²) in [6.45, 7) is 0.376. The van der Waals surface area contributed by atoms with Gasteiger partial charge in [0.2, 0.25) is 0 Å². The summed E-state index contributed by atoms with van der Waals surface area (Å²) < 4.78 is 45.7. The van der Waals surface area contributed by atoms with Gasteiger partial charge in [-0.15, -0.1) is 0 Å². The topological polar surface area (TPSA) is 47.3 Å². The molecule has 2 aliphatic rings. The zero-order valence-electron chi connectivity index (χ0n) is 14.2. The number of alkyl halides is 3. The van der Waals surface area contributed by atoms with Gasteiger partial charge in [-0.25, -0.2) is 0 Å². The molecule has 4 rings (SSSR count). The zero-order valence-corrected chi connectivity index (χ0v) is 14.2. The van der Waals surface area contributed by atoms with E-state index >= 15 is 0 Å². The van der Waals surface area contributed by atoms with E-state index in [1.807, 2.05) is 30.3 Å². The lowest BCUT2D eigenvalue weighted by Crippen LogP contribution is -2.41. The van der Waals surface area contributed by atoms with Gasteiger partial charge >= 0.3 is 6.18 Å². The third-order valence-corrected chi connectivity index (χ3v) is 5.40. The van der Waals surface area contributed by atoms with Crippen molar-refractivity contribution in [1.29, 1.82) is 0 Å². The fourth-order valence-corrected chi connectivity index (χ4v) is 4.10. The molecule has 0 spiro atoms. The van der Waals surface area contributed by atoms with Crippen molar-refractivity contribution in [2.45, 2.75) is 37.3 Å². The molecule has 0 amide bonds. The van der Waals surface area contributed by atoms with Crippen LogP contribution >= 0.6 is 0 Å². The minimum atomic E-state index is -4.37. The molecule has 1 saturated heterocycles. The van der Waals surface area contributed by atoms with E-state index in [4.69, 9.17) is 10.5 Å². The van der Waals surface area contributed by atoms with E-state index in [1.54, 1.807) is 0 Å². The van der Waals surface area contributed by atoms with E-state index in [0.29, 0.717) is 17.8 Å². The Bertz CT molecular complexity index is 778. The second-order valence-electron chi connectivity index (χ2n) is 6.99. The molecule has 2 aliphatic heterocycles. The van der Waals surface area contributed by atoms with Crippen LogP contribution in [-0.4, -0.2) is 12.6 Å².